The van der Waals surface area contributed by atoms with Crippen molar-refractivity contribution in [2.45, 2.75) is 19.5 Å². The minimum Gasteiger partial charge on any atom is -0.493 e. The molecule has 7 nitrogen and oxygen atoms in total. The molecule has 0 radical (unpaired) electrons. The number of hydrogen-bond acceptors (Lipinski definition) is 6. The van der Waals surface area contributed by atoms with Crippen molar-refractivity contribution in [1.29, 1.82) is 0 Å². The van der Waals surface area contributed by atoms with Gasteiger partial charge < -0.3 is 14.2 Å². The fourth-order valence-electron chi connectivity index (χ4n) is 2.81. The van der Waals surface area contributed by atoms with Crippen LogP contribution in [-0.4, -0.2) is 41.6 Å². The summed E-state index contributed by atoms with van der Waals surface area (Å²) in [6.07, 6.45) is 0. The number of likely N-dealkylation sites (N-methyl/N-ethyl adjacent to an activating group) is 1. The number of carbonyl (C=O) groups excluding carboxylic acids is 1. The standard InChI is InChI=1S/C21H24N4O3/c1-4-27-17-13-9-8-12-16(17)20-23-18(28-24-20)14-22-19(21(26)25(2)3)15-10-6-5-7-11-15/h5-13,19,22H,4,14H2,1-3H3/t19-/m0/s1. The van der Waals surface area contributed by atoms with E-state index < -0.39 is 6.04 Å². The van der Waals surface area contributed by atoms with E-state index in [-0.39, 0.29) is 12.5 Å². The van der Waals surface area contributed by atoms with Crippen LogP contribution in [0.15, 0.2) is 59.1 Å². The third-order valence-electron chi connectivity index (χ3n) is 4.17. The lowest BCUT2D eigenvalue weighted by atomic mass is 10.1. The maximum absolute atomic E-state index is 12.6. The van der Waals surface area contributed by atoms with Crippen molar-refractivity contribution in [3.8, 4) is 17.1 Å². The largest absolute Gasteiger partial charge is 0.493 e. The van der Waals surface area contributed by atoms with Gasteiger partial charge in [0.2, 0.25) is 17.6 Å². The molecule has 28 heavy (non-hydrogen) atoms. The van der Waals surface area contributed by atoms with Crippen LogP contribution in [0.5, 0.6) is 5.75 Å². The van der Waals surface area contributed by atoms with Gasteiger partial charge in [-0.3, -0.25) is 10.1 Å². The fourth-order valence-corrected chi connectivity index (χ4v) is 2.81. The lowest BCUT2D eigenvalue weighted by Crippen LogP contribution is -2.36. The molecule has 3 rings (SSSR count). The summed E-state index contributed by atoms with van der Waals surface area (Å²) in [6.45, 7) is 2.74. The smallest absolute Gasteiger partial charge is 0.243 e. The molecule has 0 saturated heterocycles. The van der Waals surface area contributed by atoms with Crippen LogP contribution in [0.25, 0.3) is 11.4 Å². The van der Waals surface area contributed by atoms with Gasteiger partial charge in [-0.15, -0.1) is 0 Å². The summed E-state index contributed by atoms with van der Waals surface area (Å²) >= 11 is 0. The number of benzene rings is 2. The van der Waals surface area contributed by atoms with Crippen molar-refractivity contribution in [1.82, 2.24) is 20.4 Å². The third-order valence-corrected chi connectivity index (χ3v) is 4.17. The number of ether oxygens (including phenoxy) is 1. The average molecular weight is 380 g/mol. The summed E-state index contributed by atoms with van der Waals surface area (Å²) < 4.78 is 11.0. The Bertz CT molecular complexity index is 909. The number of aromatic nitrogens is 2. The first-order valence-corrected chi connectivity index (χ1v) is 9.14. The number of para-hydroxylation sites is 1. The van der Waals surface area contributed by atoms with Crippen molar-refractivity contribution in [2.75, 3.05) is 20.7 Å². The molecule has 1 amide bonds. The van der Waals surface area contributed by atoms with Gasteiger partial charge in [0.25, 0.3) is 0 Å². The molecule has 0 fully saturated rings. The molecule has 146 valence electrons. The number of hydrogen-bond donors (Lipinski definition) is 1. The molecule has 2 aromatic carbocycles. The average Bonchev–Trinajstić information content (AvgIpc) is 3.18. The van der Waals surface area contributed by atoms with Gasteiger partial charge in [0.1, 0.15) is 11.8 Å². The molecular weight excluding hydrogens is 356 g/mol. The number of amides is 1. The highest BCUT2D eigenvalue weighted by Crippen LogP contribution is 2.27. The number of nitrogens with zero attached hydrogens (tertiary/aromatic N) is 3. The van der Waals surface area contributed by atoms with E-state index in [9.17, 15) is 4.79 Å². The Kier molecular flexibility index (Phi) is 6.39. The normalized spacial score (nSPS) is 11.8. The van der Waals surface area contributed by atoms with Crippen molar-refractivity contribution in [3.05, 3.63) is 66.1 Å². The van der Waals surface area contributed by atoms with Crippen LogP contribution < -0.4 is 10.1 Å². The van der Waals surface area contributed by atoms with Crippen LogP contribution in [0, 0.1) is 0 Å². The molecular formula is C21H24N4O3. The second-order valence-electron chi connectivity index (χ2n) is 6.40. The van der Waals surface area contributed by atoms with Crippen molar-refractivity contribution < 1.29 is 14.1 Å². The first-order valence-electron chi connectivity index (χ1n) is 9.14. The summed E-state index contributed by atoms with van der Waals surface area (Å²) in [5.74, 6) is 1.51. The van der Waals surface area contributed by atoms with Crippen molar-refractivity contribution in [3.63, 3.8) is 0 Å². The highest BCUT2D eigenvalue weighted by atomic mass is 16.5. The van der Waals surface area contributed by atoms with Crippen LogP contribution >= 0.6 is 0 Å². The number of rotatable bonds is 8. The summed E-state index contributed by atoms with van der Waals surface area (Å²) in [5, 5.41) is 7.28. The predicted octanol–water partition coefficient (Wildman–Crippen LogP) is 3.05. The van der Waals surface area contributed by atoms with Crippen LogP contribution in [0.4, 0.5) is 0 Å². The second kappa shape index (κ2) is 9.14. The highest BCUT2D eigenvalue weighted by Gasteiger charge is 2.23. The van der Waals surface area contributed by atoms with Crippen molar-refractivity contribution >= 4 is 5.91 Å². The summed E-state index contributed by atoms with van der Waals surface area (Å²) in [6, 6.07) is 16.6. The van der Waals surface area contributed by atoms with Gasteiger partial charge in [-0.1, -0.05) is 47.6 Å². The van der Waals surface area contributed by atoms with Gasteiger partial charge in [0.05, 0.1) is 18.7 Å². The molecule has 1 heterocycles. The van der Waals surface area contributed by atoms with E-state index in [1.807, 2.05) is 61.5 Å². The van der Waals surface area contributed by atoms with Crippen LogP contribution in [0.1, 0.15) is 24.4 Å². The Balaban J connectivity index is 1.76. The molecule has 0 aliphatic carbocycles. The minimum absolute atomic E-state index is 0.0485. The maximum Gasteiger partial charge on any atom is 0.243 e. The van der Waals surface area contributed by atoms with E-state index >= 15 is 0 Å². The van der Waals surface area contributed by atoms with Gasteiger partial charge in [-0.05, 0) is 24.6 Å². The predicted molar refractivity (Wildman–Crippen MR) is 106 cm³/mol. The molecule has 3 aromatic rings. The molecule has 1 atom stereocenters. The summed E-state index contributed by atoms with van der Waals surface area (Å²) in [7, 11) is 3.46. The number of carbonyl (C=O) groups is 1. The SMILES string of the molecule is CCOc1ccccc1-c1noc(CN[C@H](C(=O)N(C)C)c2ccccc2)n1. The zero-order valence-electron chi connectivity index (χ0n) is 16.3. The van der Waals surface area contributed by atoms with Gasteiger partial charge in [-0.2, -0.15) is 4.98 Å². The molecule has 0 bridgehead atoms. The van der Waals surface area contributed by atoms with E-state index in [1.165, 1.54) is 0 Å². The Morgan fingerprint density at radius 1 is 1.14 bits per heavy atom. The van der Waals surface area contributed by atoms with E-state index in [1.54, 1.807) is 19.0 Å². The molecule has 0 aliphatic rings. The van der Waals surface area contributed by atoms with Gasteiger partial charge in [0, 0.05) is 14.1 Å². The zero-order chi connectivity index (χ0) is 19.9. The first kappa shape index (κ1) is 19.6. The van der Waals surface area contributed by atoms with E-state index in [0.717, 1.165) is 11.1 Å². The molecule has 1 aromatic heterocycles. The Labute approximate surface area is 164 Å². The Morgan fingerprint density at radius 2 is 1.86 bits per heavy atom. The lowest BCUT2D eigenvalue weighted by molar-refractivity contribution is -0.131. The summed E-state index contributed by atoms with van der Waals surface area (Å²) in [4.78, 5) is 18.6. The Morgan fingerprint density at radius 3 is 2.57 bits per heavy atom. The Hall–Kier alpha value is -3.19. The van der Waals surface area contributed by atoms with E-state index in [2.05, 4.69) is 15.5 Å². The zero-order valence-corrected chi connectivity index (χ0v) is 16.3. The molecule has 7 heteroatoms. The monoisotopic (exact) mass is 380 g/mol. The topological polar surface area (TPSA) is 80.5 Å². The molecule has 0 spiro atoms. The third kappa shape index (κ3) is 4.55. The van der Waals surface area contributed by atoms with E-state index in [0.29, 0.717) is 24.1 Å². The van der Waals surface area contributed by atoms with Crippen molar-refractivity contribution in [2.24, 2.45) is 0 Å². The number of nitrogens with one attached hydrogen (secondary N) is 1. The van der Waals surface area contributed by atoms with Crippen LogP contribution in [0.3, 0.4) is 0 Å². The molecule has 1 N–H and O–H groups in total. The van der Waals surface area contributed by atoms with Crippen LogP contribution in [-0.2, 0) is 11.3 Å². The fraction of sp³-hybridized carbons (Fsp3) is 0.286. The van der Waals surface area contributed by atoms with Gasteiger partial charge in [0.15, 0.2) is 0 Å². The highest BCUT2D eigenvalue weighted by molar-refractivity contribution is 5.82. The lowest BCUT2D eigenvalue weighted by Gasteiger charge is -2.21. The molecule has 0 saturated carbocycles. The summed E-state index contributed by atoms with van der Waals surface area (Å²) in [5.41, 5.74) is 1.64. The van der Waals surface area contributed by atoms with Gasteiger partial charge in [-0.25, -0.2) is 0 Å². The maximum atomic E-state index is 12.6. The quantitative estimate of drug-likeness (QED) is 0.647. The second-order valence-corrected chi connectivity index (χ2v) is 6.40. The van der Waals surface area contributed by atoms with Crippen LogP contribution in [0.2, 0.25) is 0 Å². The molecule has 0 aliphatic heterocycles. The van der Waals surface area contributed by atoms with E-state index in [4.69, 9.17) is 9.26 Å². The first-order chi connectivity index (χ1) is 13.6. The van der Waals surface area contributed by atoms with Gasteiger partial charge >= 0.3 is 0 Å². The minimum atomic E-state index is -0.498. The molecule has 0 unspecified atom stereocenters.